The van der Waals surface area contributed by atoms with Gasteiger partial charge in [-0.1, -0.05) is 24.4 Å². The molecule has 0 bridgehead atoms. The van der Waals surface area contributed by atoms with Gasteiger partial charge in [-0.05, 0) is 25.9 Å². The summed E-state index contributed by atoms with van der Waals surface area (Å²) in [5, 5.41) is 6.57. The lowest BCUT2D eigenvalue weighted by Gasteiger charge is -2.23. The number of hydrogen-bond acceptors (Lipinski definition) is 6. The van der Waals surface area contributed by atoms with Crippen molar-refractivity contribution >= 4 is 5.91 Å². The highest BCUT2D eigenvalue weighted by molar-refractivity contribution is 5.77. The number of likely N-dealkylation sites (tertiary alicyclic amines) is 1. The van der Waals surface area contributed by atoms with E-state index in [4.69, 9.17) is 9.26 Å². The van der Waals surface area contributed by atoms with Crippen molar-refractivity contribution in [2.75, 3.05) is 26.7 Å². The second kappa shape index (κ2) is 8.74. The maximum absolute atomic E-state index is 11.9. The Morgan fingerprint density at radius 3 is 2.71 bits per heavy atom. The Labute approximate surface area is 125 Å². The third kappa shape index (κ3) is 5.81. The van der Waals surface area contributed by atoms with Gasteiger partial charge in [0, 0.05) is 7.11 Å². The number of carbonyl (C=O) groups excluding carboxylic acids is 1. The number of rotatable bonds is 6. The van der Waals surface area contributed by atoms with E-state index >= 15 is 0 Å². The lowest BCUT2D eigenvalue weighted by molar-refractivity contribution is -0.122. The summed E-state index contributed by atoms with van der Waals surface area (Å²) in [6.45, 7) is 3.03. The van der Waals surface area contributed by atoms with E-state index < -0.39 is 0 Å². The minimum absolute atomic E-state index is 0.00191. The molecule has 0 unspecified atom stereocenters. The predicted molar refractivity (Wildman–Crippen MR) is 76.4 cm³/mol. The summed E-state index contributed by atoms with van der Waals surface area (Å²) < 4.78 is 9.94. The topological polar surface area (TPSA) is 80.5 Å². The summed E-state index contributed by atoms with van der Waals surface area (Å²) in [5.41, 5.74) is 0. The van der Waals surface area contributed by atoms with Gasteiger partial charge in [-0.2, -0.15) is 4.98 Å². The molecule has 2 heterocycles. The number of nitrogens with one attached hydrogen (secondary N) is 1. The van der Waals surface area contributed by atoms with Crippen molar-refractivity contribution in [2.45, 2.75) is 45.3 Å². The van der Waals surface area contributed by atoms with Crippen LogP contribution in [0.15, 0.2) is 4.52 Å². The second-order valence-electron chi connectivity index (χ2n) is 5.36. The van der Waals surface area contributed by atoms with Crippen molar-refractivity contribution < 1.29 is 14.1 Å². The third-order valence-electron chi connectivity index (χ3n) is 3.54. The minimum atomic E-state index is 0.00191. The molecular formula is C14H24N4O3. The van der Waals surface area contributed by atoms with Crippen LogP contribution >= 0.6 is 0 Å². The van der Waals surface area contributed by atoms with Crippen LogP contribution in [0.25, 0.3) is 0 Å². The van der Waals surface area contributed by atoms with E-state index in [-0.39, 0.29) is 12.5 Å². The minimum Gasteiger partial charge on any atom is -0.377 e. The number of nitrogens with zero attached hydrogens (tertiary/aromatic N) is 3. The Bertz CT molecular complexity index is 428. The van der Waals surface area contributed by atoms with Crippen LogP contribution in [0.1, 0.15) is 43.8 Å². The van der Waals surface area contributed by atoms with Gasteiger partial charge in [-0.3, -0.25) is 9.69 Å². The molecule has 1 fully saturated rings. The number of methoxy groups -OCH3 is 1. The molecule has 7 heteroatoms. The molecule has 21 heavy (non-hydrogen) atoms. The van der Waals surface area contributed by atoms with Gasteiger partial charge in [0.25, 0.3) is 0 Å². The van der Waals surface area contributed by atoms with E-state index in [1.165, 1.54) is 32.1 Å². The number of amides is 1. The number of aromatic nitrogens is 2. The molecule has 1 saturated heterocycles. The maximum atomic E-state index is 11.9. The Morgan fingerprint density at radius 2 is 2.00 bits per heavy atom. The fourth-order valence-electron chi connectivity index (χ4n) is 2.45. The predicted octanol–water partition coefficient (Wildman–Crippen LogP) is 1.10. The van der Waals surface area contributed by atoms with Gasteiger partial charge in [0.1, 0.15) is 6.61 Å². The van der Waals surface area contributed by atoms with Crippen LogP contribution in [0.3, 0.4) is 0 Å². The molecule has 0 saturated carbocycles. The van der Waals surface area contributed by atoms with Crippen LogP contribution in [0.5, 0.6) is 0 Å². The van der Waals surface area contributed by atoms with Gasteiger partial charge in [0.2, 0.25) is 11.8 Å². The zero-order valence-corrected chi connectivity index (χ0v) is 12.6. The maximum Gasteiger partial charge on any atom is 0.246 e. The molecule has 1 amide bonds. The largest absolute Gasteiger partial charge is 0.377 e. The zero-order valence-electron chi connectivity index (χ0n) is 12.6. The summed E-state index contributed by atoms with van der Waals surface area (Å²) in [5.74, 6) is 0.899. The molecule has 0 aromatic carbocycles. The lowest BCUT2D eigenvalue weighted by Crippen LogP contribution is -2.38. The Balaban J connectivity index is 1.70. The van der Waals surface area contributed by atoms with E-state index in [1.54, 1.807) is 7.11 Å². The van der Waals surface area contributed by atoms with Gasteiger partial charge in [0.05, 0.1) is 13.1 Å². The van der Waals surface area contributed by atoms with Gasteiger partial charge in [-0.25, -0.2) is 0 Å². The van der Waals surface area contributed by atoms with E-state index in [1.807, 2.05) is 0 Å². The fraction of sp³-hybridized carbons (Fsp3) is 0.786. The molecule has 2 rings (SSSR count). The lowest BCUT2D eigenvalue weighted by atomic mass is 10.1. The summed E-state index contributed by atoms with van der Waals surface area (Å²) in [6.07, 6.45) is 6.21. The average Bonchev–Trinajstić information content (AvgIpc) is 2.88. The first-order valence-electron chi connectivity index (χ1n) is 7.57. The molecule has 0 aliphatic carbocycles. The van der Waals surface area contributed by atoms with E-state index in [0.29, 0.717) is 24.9 Å². The SMILES string of the molecule is COCc1noc(CNC(=O)CN2CCCCCCC2)n1. The molecule has 1 N–H and O–H groups in total. The van der Waals surface area contributed by atoms with E-state index in [2.05, 4.69) is 20.4 Å². The molecule has 1 aromatic heterocycles. The van der Waals surface area contributed by atoms with E-state index in [9.17, 15) is 4.79 Å². The molecule has 0 radical (unpaired) electrons. The summed E-state index contributed by atoms with van der Waals surface area (Å²) >= 11 is 0. The Kier molecular flexibility index (Phi) is 6.62. The van der Waals surface area contributed by atoms with Gasteiger partial charge in [0.15, 0.2) is 5.82 Å². The summed E-state index contributed by atoms with van der Waals surface area (Å²) in [7, 11) is 1.57. The third-order valence-corrected chi connectivity index (χ3v) is 3.54. The zero-order chi connectivity index (χ0) is 14.9. The highest BCUT2D eigenvalue weighted by Crippen LogP contribution is 2.09. The first-order chi connectivity index (χ1) is 10.3. The molecule has 1 aromatic rings. The molecule has 118 valence electrons. The standard InChI is InChI=1S/C14H24N4O3/c1-20-11-12-16-14(21-17-12)9-15-13(19)10-18-7-5-3-2-4-6-8-18/h2-11H2,1H3,(H,15,19). The monoisotopic (exact) mass is 296 g/mol. The molecule has 1 aliphatic heterocycles. The molecular weight excluding hydrogens is 272 g/mol. The van der Waals surface area contributed by atoms with E-state index in [0.717, 1.165) is 13.1 Å². The fourth-order valence-corrected chi connectivity index (χ4v) is 2.45. The van der Waals surface area contributed by atoms with Crippen LogP contribution in [0.4, 0.5) is 0 Å². The highest BCUT2D eigenvalue weighted by atomic mass is 16.5. The van der Waals surface area contributed by atoms with Crippen molar-refractivity contribution in [3.05, 3.63) is 11.7 Å². The van der Waals surface area contributed by atoms with Crippen LogP contribution in [0.2, 0.25) is 0 Å². The average molecular weight is 296 g/mol. The first kappa shape index (κ1) is 15.9. The number of ether oxygens (including phenoxy) is 1. The highest BCUT2D eigenvalue weighted by Gasteiger charge is 2.13. The molecule has 0 atom stereocenters. The smallest absolute Gasteiger partial charge is 0.246 e. The molecule has 1 aliphatic rings. The quantitative estimate of drug-likeness (QED) is 0.846. The van der Waals surface area contributed by atoms with Crippen molar-refractivity contribution in [1.82, 2.24) is 20.4 Å². The van der Waals surface area contributed by atoms with Crippen LogP contribution in [-0.4, -0.2) is 47.7 Å². The van der Waals surface area contributed by atoms with Gasteiger partial charge >= 0.3 is 0 Å². The number of hydrogen-bond donors (Lipinski definition) is 1. The Morgan fingerprint density at radius 1 is 1.29 bits per heavy atom. The van der Waals surface area contributed by atoms with Crippen LogP contribution in [0, 0.1) is 0 Å². The number of carbonyl (C=O) groups is 1. The van der Waals surface area contributed by atoms with Crippen molar-refractivity contribution in [1.29, 1.82) is 0 Å². The van der Waals surface area contributed by atoms with Crippen molar-refractivity contribution in [3.63, 3.8) is 0 Å². The van der Waals surface area contributed by atoms with Crippen molar-refractivity contribution in [3.8, 4) is 0 Å². The molecule has 0 spiro atoms. The summed E-state index contributed by atoms with van der Waals surface area (Å²) in [4.78, 5) is 18.3. The van der Waals surface area contributed by atoms with Gasteiger partial charge < -0.3 is 14.6 Å². The molecule has 7 nitrogen and oxygen atoms in total. The summed E-state index contributed by atoms with van der Waals surface area (Å²) in [6, 6.07) is 0. The van der Waals surface area contributed by atoms with Crippen molar-refractivity contribution in [2.24, 2.45) is 0 Å². The van der Waals surface area contributed by atoms with Crippen LogP contribution in [-0.2, 0) is 22.7 Å². The first-order valence-corrected chi connectivity index (χ1v) is 7.57. The second-order valence-corrected chi connectivity index (χ2v) is 5.36. The van der Waals surface area contributed by atoms with Gasteiger partial charge in [-0.15, -0.1) is 0 Å². The normalized spacial score (nSPS) is 17.2. The van der Waals surface area contributed by atoms with Crippen LogP contribution < -0.4 is 5.32 Å². The Hall–Kier alpha value is -1.47.